The van der Waals surface area contributed by atoms with Crippen LogP contribution in [0.25, 0.3) is 10.9 Å². The molecule has 0 spiro atoms. The molecular formula is C28H29ClN4O4S. The first-order valence-electron chi connectivity index (χ1n) is 12.1. The molecule has 0 fully saturated rings. The maximum absolute atomic E-state index is 13.4. The first-order valence-corrected chi connectivity index (χ1v) is 13.9. The Bertz CT molecular complexity index is 1480. The minimum atomic E-state index is -3.91. The molecule has 8 nitrogen and oxygen atoms in total. The van der Waals surface area contributed by atoms with Crippen molar-refractivity contribution in [2.45, 2.75) is 11.3 Å². The summed E-state index contributed by atoms with van der Waals surface area (Å²) < 4.78 is 33.2. The van der Waals surface area contributed by atoms with Crippen LogP contribution in [0.5, 0.6) is 5.75 Å². The SMILES string of the molecule is COc1ccc(S(=O)(=O)N(CCc2ccccc2)CC(=O)NCCNc2ccnc3cc(Cl)ccc23)cc1. The number of methoxy groups -OCH3 is 1. The van der Waals surface area contributed by atoms with Gasteiger partial charge < -0.3 is 15.4 Å². The topological polar surface area (TPSA) is 101 Å². The molecule has 0 atom stereocenters. The molecule has 0 saturated heterocycles. The minimum absolute atomic E-state index is 0.102. The third-order valence-electron chi connectivity index (χ3n) is 5.98. The number of fused-ring (bicyclic) bond motifs is 1. The van der Waals surface area contributed by atoms with E-state index in [1.54, 1.807) is 30.5 Å². The van der Waals surface area contributed by atoms with Crippen molar-refractivity contribution >= 4 is 44.1 Å². The molecule has 1 amide bonds. The molecule has 0 radical (unpaired) electrons. The lowest BCUT2D eigenvalue weighted by Crippen LogP contribution is -2.42. The van der Waals surface area contributed by atoms with Crippen molar-refractivity contribution in [2.24, 2.45) is 0 Å². The van der Waals surface area contributed by atoms with Gasteiger partial charge in [-0.05, 0) is 60.5 Å². The molecule has 0 unspecified atom stereocenters. The summed E-state index contributed by atoms with van der Waals surface area (Å²) in [5.41, 5.74) is 2.62. The van der Waals surface area contributed by atoms with Crippen LogP contribution in [0.1, 0.15) is 5.56 Å². The van der Waals surface area contributed by atoms with Gasteiger partial charge in [0, 0.05) is 41.9 Å². The van der Waals surface area contributed by atoms with E-state index in [0.717, 1.165) is 22.2 Å². The molecule has 2 N–H and O–H groups in total. The average Bonchev–Trinajstić information content (AvgIpc) is 2.93. The molecule has 198 valence electrons. The van der Waals surface area contributed by atoms with Gasteiger partial charge in [-0.2, -0.15) is 4.31 Å². The first kappa shape index (κ1) is 27.4. The van der Waals surface area contributed by atoms with Crippen molar-refractivity contribution in [1.82, 2.24) is 14.6 Å². The van der Waals surface area contributed by atoms with E-state index >= 15 is 0 Å². The Morgan fingerprint density at radius 2 is 1.76 bits per heavy atom. The van der Waals surface area contributed by atoms with Gasteiger partial charge in [-0.1, -0.05) is 41.9 Å². The number of sulfonamides is 1. The summed E-state index contributed by atoms with van der Waals surface area (Å²) in [4.78, 5) is 17.2. The number of carbonyl (C=O) groups is 1. The summed E-state index contributed by atoms with van der Waals surface area (Å²) >= 11 is 6.06. The molecule has 0 bridgehead atoms. The fraction of sp³-hybridized carbons (Fsp3) is 0.214. The van der Waals surface area contributed by atoms with Crippen LogP contribution in [0.2, 0.25) is 5.02 Å². The molecule has 0 aliphatic carbocycles. The van der Waals surface area contributed by atoms with Crippen molar-refractivity contribution < 1.29 is 17.9 Å². The van der Waals surface area contributed by atoms with E-state index in [1.807, 2.05) is 42.5 Å². The highest BCUT2D eigenvalue weighted by Gasteiger charge is 2.26. The van der Waals surface area contributed by atoms with E-state index in [4.69, 9.17) is 16.3 Å². The monoisotopic (exact) mass is 552 g/mol. The quantitative estimate of drug-likeness (QED) is 0.253. The average molecular weight is 553 g/mol. The maximum Gasteiger partial charge on any atom is 0.243 e. The number of nitrogens with zero attached hydrogens (tertiary/aromatic N) is 2. The fourth-order valence-electron chi connectivity index (χ4n) is 3.97. The molecule has 3 aromatic carbocycles. The second-order valence-corrected chi connectivity index (χ2v) is 10.9. The van der Waals surface area contributed by atoms with Gasteiger partial charge >= 0.3 is 0 Å². The van der Waals surface area contributed by atoms with Crippen LogP contribution >= 0.6 is 11.6 Å². The van der Waals surface area contributed by atoms with Gasteiger partial charge in [0.25, 0.3) is 0 Å². The van der Waals surface area contributed by atoms with Crippen molar-refractivity contribution in [3.8, 4) is 5.75 Å². The van der Waals surface area contributed by atoms with E-state index in [2.05, 4.69) is 15.6 Å². The predicted octanol–water partition coefficient (Wildman–Crippen LogP) is 4.36. The highest BCUT2D eigenvalue weighted by molar-refractivity contribution is 7.89. The lowest BCUT2D eigenvalue weighted by Gasteiger charge is -2.22. The number of amides is 1. The van der Waals surface area contributed by atoms with Crippen LogP contribution in [-0.2, 0) is 21.2 Å². The van der Waals surface area contributed by atoms with Gasteiger partial charge in [0.2, 0.25) is 15.9 Å². The Kier molecular flexibility index (Phi) is 9.17. The molecule has 38 heavy (non-hydrogen) atoms. The number of hydrogen-bond donors (Lipinski definition) is 2. The summed E-state index contributed by atoms with van der Waals surface area (Å²) in [6, 6.07) is 23.0. The normalized spacial score (nSPS) is 11.4. The fourth-order valence-corrected chi connectivity index (χ4v) is 5.53. The number of carbonyl (C=O) groups excluding carboxylic acids is 1. The molecular weight excluding hydrogens is 524 g/mol. The minimum Gasteiger partial charge on any atom is -0.497 e. The lowest BCUT2D eigenvalue weighted by atomic mass is 10.1. The zero-order chi connectivity index (χ0) is 27.0. The summed E-state index contributed by atoms with van der Waals surface area (Å²) in [6.45, 7) is 0.627. The largest absolute Gasteiger partial charge is 0.497 e. The van der Waals surface area contributed by atoms with Crippen LogP contribution in [0.15, 0.2) is 90.0 Å². The van der Waals surface area contributed by atoms with Crippen LogP contribution in [-0.4, -0.2) is 56.9 Å². The molecule has 0 aliphatic rings. The summed E-state index contributed by atoms with van der Waals surface area (Å²) in [7, 11) is -2.39. The van der Waals surface area contributed by atoms with Crippen LogP contribution in [0, 0.1) is 0 Å². The zero-order valence-electron chi connectivity index (χ0n) is 20.9. The second kappa shape index (κ2) is 12.7. The molecule has 4 rings (SSSR count). The number of nitrogens with one attached hydrogen (secondary N) is 2. The highest BCUT2D eigenvalue weighted by Crippen LogP contribution is 2.24. The zero-order valence-corrected chi connectivity index (χ0v) is 22.5. The number of halogens is 1. The maximum atomic E-state index is 13.4. The molecule has 1 heterocycles. The number of benzene rings is 3. The van der Waals surface area contributed by atoms with E-state index < -0.39 is 10.0 Å². The molecule has 0 aliphatic heterocycles. The van der Waals surface area contributed by atoms with Crippen molar-refractivity contribution in [2.75, 3.05) is 38.6 Å². The summed E-state index contributed by atoms with van der Waals surface area (Å²) in [5, 5.41) is 7.63. The van der Waals surface area contributed by atoms with Gasteiger partial charge in [-0.15, -0.1) is 0 Å². The van der Waals surface area contributed by atoms with Gasteiger partial charge in [0.15, 0.2) is 0 Å². The van der Waals surface area contributed by atoms with Crippen molar-refractivity contribution in [3.05, 3.63) is 95.6 Å². The Labute approximate surface area is 227 Å². The second-order valence-electron chi connectivity index (χ2n) is 8.55. The summed E-state index contributed by atoms with van der Waals surface area (Å²) in [6.07, 6.45) is 2.17. The number of rotatable bonds is 12. The van der Waals surface area contributed by atoms with E-state index in [9.17, 15) is 13.2 Å². The summed E-state index contributed by atoms with van der Waals surface area (Å²) in [5.74, 6) is 0.165. The number of pyridine rings is 1. The van der Waals surface area contributed by atoms with Gasteiger partial charge in [-0.25, -0.2) is 8.42 Å². The molecule has 1 aromatic heterocycles. The van der Waals surface area contributed by atoms with Gasteiger partial charge in [-0.3, -0.25) is 9.78 Å². The molecule has 0 saturated carbocycles. The van der Waals surface area contributed by atoms with Crippen molar-refractivity contribution in [1.29, 1.82) is 0 Å². The standard InChI is InChI=1S/C28H29ClN4O4S/c1-37-23-8-10-24(11-9-23)38(35,36)33(18-14-21-5-3-2-4-6-21)20-28(34)32-17-16-31-26-13-15-30-27-19-22(29)7-12-25(26)27/h2-13,15,19H,14,16-18,20H2,1H3,(H,30,31)(H,32,34). The van der Waals surface area contributed by atoms with Gasteiger partial charge in [0.05, 0.1) is 24.1 Å². The number of anilines is 1. The Hall–Kier alpha value is -3.66. The third kappa shape index (κ3) is 7.00. The smallest absolute Gasteiger partial charge is 0.243 e. The van der Waals surface area contributed by atoms with Crippen LogP contribution in [0.3, 0.4) is 0 Å². The van der Waals surface area contributed by atoms with E-state index in [0.29, 0.717) is 30.3 Å². The Balaban J connectivity index is 1.39. The number of aromatic nitrogens is 1. The third-order valence-corrected chi connectivity index (χ3v) is 8.07. The van der Waals surface area contributed by atoms with Crippen LogP contribution < -0.4 is 15.4 Å². The molecule has 10 heteroatoms. The lowest BCUT2D eigenvalue weighted by molar-refractivity contribution is -0.121. The van der Waals surface area contributed by atoms with E-state index in [1.165, 1.54) is 23.5 Å². The Morgan fingerprint density at radius 1 is 1.00 bits per heavy atom. The van der Waals surface area contributed by atoms with Gasteiger partial charge in [0.1, 0.15) is 5.75 Å². The van der Waals surface area contributed by atoms with E-state index in [-0.39, 0.29) is 23.9 Å². The number of hydrogen-bond acceptors (Lipinski definition) is 6. The predicted molar refractivity (Wildman–Crippen MR) is 150 cm³/mol. The van der Waals surface area contributed by atoms with Crippen LogP contribution in [0.4, 0.5) is 5.69 Å². The molecule has 4 aromatic rings. The first-order chi connectivity index (χ1) is 18.4. The van der Waals surface area contributed by atoms with Crippen molar-refractivity contribution in [3.63, 3.8) is 0 Å². The highest BCUT2D eigenvalue weighted by atomic mass is 35.5. The number of ether oxygens (including phenoxy) is 1. The Morgan fingerprint density at radius 3 is 2.50 bits per heavy atom.